The van der Waals surface area contributed by atoms with Gasteiger partial charge < -0.3 is 10.1 Å². The molecule has 68 valence electrons. The van der Waals surface area contributed by atoms with Crippen LogP contribution in [0.4, 0.5) is 0 Å². The van der Waals surface area contributed by atoms with E-state index in [0.29, 0.717) is 18.1 Å². The van der Waals surface area contributed by atoms with Gasteiger partial charge in [-0.05, 0) is 26.8 Å². The van der Waals surface area contributed by atoms with Gasteiger partial charge in [0.1, 0.15) is 0 Å². The first-order chi connectivity index (χ1) is 5.13. The van der Waals surface area contributed by atoms with Crippen molar-refractivity contribution in [2.24, 2.45) is 5.92 Å². The molecule has 1 N–H and O–H groups in total. The topological polar surface area (TPSA) is 21.3 Å². The van der Waals surface area contributed by atoms with E-state index in [9.17, 15) is 0 Å². The van der Waals surface area contributed by atoms with Crippen molar-refractivity contribution in [1.29, 1.82) is 0 Å². The zero-order valence-corrected chi connectivity index (χ0v) is 8.35. The molecular formula is C9H21NO. The summed E-state index contributed by atoms with van der Waals surface area (Å²) in [5.74, 6) is 0.581. The van der Waals surface area contributed by atoms with Crippen LogP contribution >= 0.6 is 0 Å². The van der Waals surface area contributed by atoms with E-state index in [-0.39, 0.29) is 0 Å². The minimum atomic E-state index is 0.338. The van der Waals surface area contributed by atoms with Crippen LogP contribution in [0.25, 0.3) is 0 Å². The lowest BCUT2D eigenvalue weighted by molar-refractivity contribution is 0.00964. The molecule has 0 aliphatic rings. The number of ether oxygens (including phenoxy) is 1. The fourth-order valence-electron chi connectivity index (χ4n) is 1.27. The van der Waals surface area contributed by atoms with Gasteiger partial charge in [0, 0.05) is 12.6 Å². The first kappa shape index (κ1) is 10.9. The number of nitrogens with one attached hydrogen (secondary N) is 1. The quantitative estimate of drug-likeness (QED) is 0.658. The maximum atomic E-state index is 5.59. The van der Waals surface area contributed by atoms with Crippen LogP contribution in [0.1, 0.15) is 27.7 Å². The average Bonchev–Trinajstić information content (AvgIpc) is 1.98. The van der Waals surface area contributed by atoms with Crippen molar-refractivity contribution in [3.05, 3.63) is 0 Å². The number of hydrogen-bond acceptors (Lipinski definition) is 2. The summed E-state index contributed by atoms with van der Waals surface area (Å²) in [4.78, 5) is 0. The first-order valence-corrected chi connectivity index (χ1v) is 4.42. The maximum absolute atomic E-state index is 5.59. The molecule has 0 aliphatic carbocycles. The van der Waals surface area contributed by atoms with Crippen LogP contribution in [-0.2, 0) is 4.74 Å². The highest BCUT2D eigenvalue weighted by molar-refractivity contribution is 4.73. The fraction of sp³-hybridized carbons (Fsp3) is 1.00. The Morgan fingerprint density at radius 3 is 2.09 bits per heavy atom. The predicted molar refractivity (Wildman–Crippen MR) is 48.8 cm³/mol. The Balaban J connectivity index is 3.87. The molecule has 0 radical (unpaired) electrons. The normalized spacial score (nSPS) is 16.9. The highest BCUT2D eigenvalue weighted by Crippen LogP contribution is 2.10. The number of likely N-dealkylation sites (N-methyl/N-ethyl adjacent to an activating group) is 1. The molecule has 0 saturated carbocycles. The fourth-order valence-corrected chi connectivity index (χ4v) is 1.27. The Labute approximate surface area is 70.3 Å². The van der Waals surface area contributed by atoms with Gasteiger partial charge in [-0.15, -0.1) is 0 Å². The Morgan fingerprint density at radius 2 is 1.82 bits per heavy atom. The Morgan fingerprint density at radius 1 is 1.27 bits per heavy atom. The monoisotopic (exact) mass is 159 g/mol. The van der Waals surface area contributed by atoms with Gasteiger partial charge >= 0.3 is 0 Å². The van der Waals surface area contributed by atoms with Gasteiger partial charge in [0.05, 0.1) is 6.10 Å². The lowest BCUT2D eigenvalue weighted by Gasteiger charge is -2.26. The molecule has 0 spiro atoms. The molecule has 0 aromatic heterocycles. The standard InChI is InChI=1S/C9H21NO/c1-6-11-9(7(2)3)8(4)10-5/h7-10H,6H2,1-5H3. The molecule has 0 aliphatic heterocycles. The van der Waals surface area contributed by atoms with E-state index < -0.39 is 0 Å². The molecule has 0 fully saturated rings. The van der Waals surface area contributed by atoms with Gasteiger partial charge in [-0.1, -0.05) is 13.8 Å². The molecule has 0 saturated heterocycles. The minimum absolute atomic E-state index is 0.338. The molecule has 0 aromatic carbocycles. The molecule has 11 heavy (non-hydrogen) atoms. The van der Waals surface area contributed by atoms with E-state index in [1.807, 2.05) is 14.0 Å². The van der Waals surface area contributed by atoms with Gasteiger partial charge in [-0.2, -0.15) is 0 Å². The zero-order valence-electron chi connectivity index (χ0n) is 8.35. The highest BCUT2D eigenvalue weighted by atomic mass is 16.5. The summed E-state index contributed by atoms with van der Waals surface area (Å²) in [6, 6.07) is 0.440. The third-order valence-electron chi connectivity index (χ3n) is 1.96. The van der Waals surface area contributed by atoms with Crippen LogP contribution in [0.3, 0.4) is 0 Å². The van der Waals surface area contributed by atoms with Crippen LogP contribution < -0.4 is 5.32 Å². The molecule has 0 rings (SSSR count). The van der Waals surface area contributed by atoms with Crippen molar-refractivity contribution in [2.75, 3.05) is 13.7 Å². The molecule has 0 aromatic rings. The van der Waals surface area contributed by atoms with E-state index in [1.165, 1.54) is 0 Å². The van der Waals surface area contributed by atoms with Gasteiger partial charge in [0.2, 0.25) is 0 Å². The van der Waals surface area contributed by atoms with Crippen LogP contribution in [0.15, 0.2) is 0 Å². The summed E-state index contributed by atoms with van der Waals surface area (Å²) in [5, 5.41) is 3.21. The van der Waals surface area contributed by atoms with E-state index in [0.717, 1.165) is 6.61 Å². The van der Waals surface area contributed by atoms with Crippen LogP contribution in [0.2, 0.25) is 0 Å². The summed E-state index contributed by atoms with van der Waals surface area (Å²) < 4.78 is 5.59. The second kappa shape index (κ2) is 5.56. The first-order valence-electron chi connectivity index (χ1n) is 4.42. The second-order valence-electron chi connectivity index (χ2n) is 3.24. The van der Waals surface area contributed by atoms with Gasteiger partial charge in [0.25, 0.3) is 0 Å². The van der Waals surface area contributed by atoms with Crippen molar-refractivity contribution in [1.82, 2.24) is 5.32 Å². The van der Waals surface area contributed by atoms with Crippen LogP contribution in [-0.4, -0.2) is 25.8 Å². The molecule has 2 unspecified atom stereocenters. The molecule has 2 heteroatoms. The summed E-state index contributed by atoms with van der Waals surface area (Å²) >= 11 is 0. The van der Waals surface area contributed by atoms with Crippen molar-refractivity contribution in [2.45, 2.75) is 39.8 Å². The average molecular weight is 159 g/mol. The van der Waals surface area contributed by atoms with Crippen molar-refractivity contribution in [3.63, 3.8) is 0 Å². The molecule has 0 bridgehead atoms. The molecule has 2 nitrogen and oxygen atoms in total. The number of hydrogen-bond donors (Lipinski definition) is 1. The molecule has 0 heterocycles. The lowest BCUT2D eigenvalue weighted by atomic mass is 10.0. The SMILES string of the molecule is CCOC(C(C)C)C(C)NC. The van der Waals surface area contributed by atoms with Gasteiger partial charge in [-0.3, -0.25) is 0 Å². The van der Waals surface area contributed by atoms with Gasteiger partial charge in [-0.25, -0.2) is 0 Å². The Hall–Kier alpha value is -0.0800. The minimum Gasteiger partial charge on any atom is -0.377 e. The zero-order chi connectivity index (χ0) is 8.85. The third kappa shape index (κ3) is 3.73. The smallest absolute Gasteiger partial charge is 0.0747 e. The summed E-state index contributed by atoms with van der Waals surface area (Å²) in [6.45, 7) is 9.37. The van der Waals surface area contributed by atoms with Crippen LogP contribution in [0, 0.1) is 5.92 Å². The highest BCUT2D eigenvalue weighted by Gasteiger charge is 2.18. The van der Waals surface area contributed by atoms with E-state index in [1.54, 1.807) is 0 Å². The maximum Gasteiger partial charge on any atom is 0.0747 e. The Bertz CT molecular complexity index is 93.6. The Kier molecular flexibility index (Phi) is 5.51. The van der Waals surface area contributed by atoms with E-state index in [4.69, 9.17) is 4.74 Å². The number of rotatable bonds is 5. The van der Waals surface area contributed by atoms with Gasteiger partial charge in [0.15, 0.2) is 0 Å². The van der Waals surface area contributed by atoms with E-state index in [2.05, 4.69) is 26.1 Å². The third-order valence-corrected chi connectivity index (χ3v) is 1.96. The van der Waals surface area contributed by atoms with Crippen molar-refractivity contribution in [3.8, 4) is 0 Å². The summed E-state index contributed by atoms with van der Waals surface area (Å²) in [6.07, 6.45) is 0.338. The summed E-state index contributed by atoms with van der Waals surface area (Å²) in [5.41, 5.74) is 0. The molecular weight excluding hydrogens is 138 g/mol. The summed E-state index contributed by atoms with van der Waals surface area (Å²) in [7, 11) is 1.97. The molecule has 0 amide bonds. The van der Waals surface area contributed by atoms with Crippen molar-refractivity contribution >= 4 is 0 Å². The van der Waals surface area contributed by atoms with E-state index >= 15 is 0 Å². The van der Waals surface area contributed by atoms with Crippen molar-refractivity contribution < 1.29 is 4.74 Å². The largest absolute Gasteiger partial charge is 0.377 e. The lowest BCUT2D eigenvalue weighted by Crippen LogP contribution is -2.40. The second-order valence-corrected chi connectivity index (χ2v) is 3.24. The predicted octanol–water partition coefficient (Wildman–Crippen LogP) is 1.66. The van der Waals surface area contributed by atoms with Crippen LogP contribution in [0.5, 0.6) is 0 Å². The molecule has 2 atom stereocenters.